The highest BCUT2D eigenvalue weighted by Gasteiger charge is 2.18. The lowest BCUT2D eigenvalue weighted by Crippen LogP contribution is -2.29. The quantitative estimate of drug-likeness (QED) is 0.714. The van der Waals surface area contributed by atoms with Gasteiger partial charge in [0.15, 0.2) is 0 Å². The predicted molar refractivity (Wildman–Crippen MR) is 55.7 cm³/mol. The van der Waals surface area contributed by atoms with Gasteiger partial charge < -0.3 is 4.90 Å². The molecule has 4 heteroatoms. The Morgan fingerprint density at radius 1 is 1.33 bits per heavy atom. The van der Waals surface area contributed by atoms with Crippen LogP contribution in [0.4, 0.5) is 0 Å². The van der Waals surface area contributed by atoms with E-state index in [1.165, 1.54) is 0 Å². The number of carbonyl (C=O) groups excluding carboxylic acids is 2. The molecule has 0 saturated carbocycles. The van der Waals surface area contributed by atoms with Crippen molar-refractivity contribution in [2.45, 2.75) is 0 Å². The summed E-state index contributed by atoms with van der Waals surface area (Å²) in [6.07, 6.45) is 0.770. The fourth-order valence-corrected chi connectivity index (χ4v) is 1.57. The van der Waals surface area contributed by atoms with E-state index in [-0.39, 0.29) is 5.91 Å². The second-order valence-electron chi connectivity index (χ2n) is 3.47. The van der Waals surface area contributed by atoms with Crippen LogP contribution in [0.5, 0.6) is 0 Å². The van der Waals surface area contributed by atoms with Crippen molar-refractivity contribution in [3.8, 4) is 0 Å². The third-order valence-electron chi connectivity index (χ3n) is 2.44. The zero-order valence-corrected chi connectivity index (χ0v) is 8.27. The van der Waals surface area contributed by atoms with Gasteiger partial charge in [0.05, 0.1) is 6.67 Å². The minimum atomic E-state index is 0.0115. The Bertz CT molecular complexity index is 367. The molecule has 1 aliphatic rings. The summed E-state index contributed by atoms with van der Waals surface area (Å²) >= 11 is 0. The van der Waals surface area contributed by atoms with Crippen LogP contribution in [0, 0.1) is 0 Å². The van der Waals surface area contributed by atoms with Gasteiger partial charge in [0.1, 0.15) is 6.29 Å². The van der Waals surface area contributed by atoms with Gasteiger partial charge >= 0.3 is 0 Å². The minimum absolute atomic E-state index is 0.0115. The molecular weight excluding hydrogens is 192 g/mol. The van der Waals surface area contributed by atoms with E-state index >= 15 is 0 Å². The van der Waals surface area contributed by atoms with Gasteiger partial charge in [0, 0.05) is 24.2 Å². The Balaban J connectivity index is 2.14. The second kappa shape index (κ2) is 4.23. The monoisotopic (exact) mass is 204 g/mol. The molecule has 1 aromatic rings. The molecule has 1 aliphatic heterocycles. The first-order valence-corrected chi connectivity index (χ1v) is 4.86. The van der Waals surface area contributed by atoms with Gasteiger partial charge in [0.2, 0.25) is 0 Å². The number of rotatable bonds is 2. The van der Waals surface area contributed by atoms with Crippen LogP contribution in [0.15, 0.2) is 24.3 Å². The lowest BCUT2D eigenvalue weighted by atomic mass is 10.1. The number of carbonyl (C=O) groups is 2. The summed E-state index contributed by atoms with van der Waals surface area (Å²) in [6, 6.07) is 6.68. The van der Waals surface area contributed by atoms with Crippen LogP contribution in [0.3, 0.4) is 0 Å². The summed E-state index contributed by atoms with van der Waals surface area (Å²) in [5, 5.41) is 3.09. The first-order chi connectivity index (χ1) is 7.31. The average Bonchev–Trinajstić information content (AvgIpc) is 2.82. The molecule has 2 rings (SSSR count). The number of benzene rings is 1. The van der Waals surface area contributed by atoms with Crippen molar-refractivity contribution in [3.05, 3.63) is 35.4 Å². The highest BCUT2D eigenvalue weighted by molar-refractivity contribution is 5.95. The summed E-state index contributed by atoms with van der Waals surface area (Å²) in [4.78, 5) is 24.0. The predicted octanol–water partition coefficient (Wildman–Crippen LogP) is 0.502. The Labute approximate surface area is 87.9 Å². The highest BCUT2D eigenvalue weighted by Crippen LogP contribution is 2.07. The molecule has 0 unspecified atom stereocenters. The minimum Gasteiger partial charge on any atom is -0.325 e. The van der Waals surface area contributed by atoms with Crippen LogP contribution in [0.2, 0.25) is 0 Å². The maximum absolute atomic E-state index is 11.8. The molecule has 0 aromatic heterocycles. The molecule has 78 valence electrons. The topological polar surface area (TPSA) is 49.4 Å². The standard InChI is InChI=1S/C11H12N2O2/c14-7-9-1-3-10(4-2-9)11(15)13-6-5-12-8-13/h1-4,7,12H,5-6,8H2. The number of nitrogens with one attached hydrogen (secondary N) is 1. The maximum atomic E-state index is 11.8. The zero-order chi connectivity index (χ0) is 10.7. The Morgan fingerprint density at radius 2 is 2.07 bits per heavy atom. The molecule has 0 aliphatic carbocycles. The average molecular weight is 204 g/mol. The number of amides is 1. The van der Waals surface area contributed by atoms with Crippen molar-refractivity contribution in [1.29, 1.82) is 0 Å². The van der Waals surface area contributed by atoms with E-state index in [1.54, 1.807) is 29.2 Å². The number of hydrogen-bond donors (Lipinski definition) is 1. The van der Waals surface area contributed by atoms with Gasteiger partial charge in [-0.2, -0.15) is 0 Å². The Kier molecular flexibility index (Phi) is 2.78. The van der Waals surface area contributed by atoms with Crippen LogP contribution < -0.4 is 5.32 Å². The van der Waals surface area contributed by atoms with E-state index in [4.69, 9.17) is 0 Å². The molecule has 4 nitrogen and oxygen atoms in total. The van der Waals surface area contributed by atoms with Crippen LogP contribution >= 0.6 is 0 Å². The molecular formula is C11H12N2O2. The van der Waals surface area contributed by atoms with E-state index in [0.29, 0.717) is 17.8 Å². The van der Waals surface area contributed by atoms with E-state index in [1.807, 2.05) is 0 Å². The molecule has 1 aromatic carbocycles. The summed E-state index contributed by atoms with van der Waals surface area (Å²) in [5.41, 5.74) is 1.22. The van der Waals surface area contributed by atoms with E-state index in [2.05, 4.69) is 5.32 Å². The smallest absolute Gasteiger partial charge is 0.254 e. The van der Waals surface area contributed by atoms with Gasteiger partial charge in [-0.05, 0) is 12.1 Å². The third-order valence-corrected chi connectivity index (χ3v) is 2.44. The normalized spacial score (nSPS) is 15.3. The molecule has 1 saturated heterocycles. The first kappa shape index (κ1) is 9.86. The fraction of sp³-hybridized carbons (Fsp3) is 0.273. The van der Waals surface area contributed by atoms with Gasteiger partial charge in [-0.25, -0.2) is 0 Å². The lowest BCUT2D eigenvalue weighted by molar-refractivity contribution is 0.0791. The largest absolute Gasteiger partial charge is 0.325 e. The van der Waals surface area contributed by atoms with Crippen molar-refractivity contribution in [2.24, 2.45) is 0 Å². The second-order valence-corrected chi connectivity index (χ2v) is 3.47. The van der Waals surface area contributed by atoms with Gasteiger partial charge in [-0.15, -0.1) is 0 Å². The van der Waals surface area contributed by atoms with Gasteiger partial charge in [-0.1, -0.05) is 12.1 Å². The zero-order valence-electron chi connectivity index (χ0n) is 8.27. The molecule has 0 spiro atoms. The first-order valence-electron chi connectivity index (χ1n) is 4.86. The van der Waals surface area contributed by atoms with Crippen molar-refractivity contribution in [3.63, 3.8) is 0 Å². The van der Waals surface area contributed by atoms with Crippen LogP contribution in [0.1, 0.15) is 20.7 Å². The van der Waals surface area contributed by atoms with Crippen molar-refractivity contribution >= 4 is 12.2 Å². The van der Waals surface area contributed by atoms with E-state index < -0.39 is 0 Å². The fourth-order valence-electron chi connectivity index (χ4n) is 1.57. The van der Waals surface area contributed by atoms with Crippen molar-refractivity contribution in [2.75, 3.05) is 19.8 Å². The Hall–Kier alpha value is -1.68. The van der Waals surface area contributed by atoms with E-state index in [9.17, 15) is 9.59 Å². The number of nitrogens with zero attached hydrogens (tertiary/aromatic N) is 1. The molecule has 0 radical (unpaired) electrons. The number of aldehydes is 1. The molecule has 1 N–H and O–H groups in total. The molecule has 15 heavy (non-hydrogen) atoms. The molecule has 0 atom stereocenters. The molecule has 1 fully saturated rings. The SMILES string of the molecule is O=Cc1ccc(C(=O)N2CCNC2)cc1. The lowest BCUT2D eigenvalue weighted by Gasteiger charge is -2.13. The van der Waals surface area contributed by atoms with Crippen molar-refractivity contribution < 1.29 is 9.59 Å². The third kappa shape index (κ3) is 2.05. The molecule has 1 amide bonds. The van der Waals surface area contributed by atoms with Gasteiger partial charge in [-0.3, -0.25) is 14.9 Å². The van der Waals surface area contributed by atoms with Gasteiger partial charge in [0.25, 0.3) is 5.91 Å². The summed E-state index contributed by atoms with van der Waals surface area (Å²) < 4.78 is 0. The molecule has 0 bridgehead atoms. The van der Waals surface area contributed by atoms with Crippen LogP contribution in [0.25, 0.3) is 0 Å². The van der Waals surface area contributed by atoms with Crippen LogP contribution in [-0.4, -0.2) is 36.9 Å². The van der Waals surface area contributed by atoms with E-state index in [0.717, 1.165) is 19.4 Å². The van der Waals surface area contributed by atoms with Crippen molar-refractivity contribution in [1.82, 2.24) is 10.2 Å². The Morgan fingerprint density at radius 3 is 2.60 bits per heavy atom. The summed E-state index contributed by atoms with van der Waals surface area (Å²) in [6.45, 7) is 2.20. The maximum Gasteiger partial charge on any atom is 0.254 e. The molecule has 1 heterocycles. The number of hydrogen-bond acceptors (Lipinski definition) is 3. The summed E-state index contributed by atoms with van der Waals surface area (Å²) in [7, 11) is 0. The summed E-state index contributed by atoms with van der Waals surface area (Å²) in [5.74, 6) is 0.0115. The van der Waals surface area contributed by atoms with Crippen LogP contribution in [-0.2, 0) is 0 Å². The highest BCUT2D eigenvalue weighted by atomic mass is 16.2.